The molecular weight excluding hydrogens is 387 g/mol. The summed E-state index contributed by atoms with van der Waals surface area (Å²) in [5.41, 5.74) is 4.39. The number of halogens is 3. The fourth-order valence-electron chi connectivity index (χ4n) is 3.54. The number of pyridine rings is 1. The van der Waals surface area contributed by atoms with Gasteiger partial charge in [-0.1, -0.05) is 0 Å². The molecule has 4 rings (SSSR count). The molecule has 0 bridgehead atoms. The van der Waals surface area contributed by atoms with E-state index in [1.807, 2.05) is 6.92 Å². The average molecular weight is 403 g/mol. The van der Waals surface area contributed by atoms with Gasteiger partial charge < -0.3 is 20.3 Å². The first-order valence-corrected chi connectivity index (χ1v) is 8.79. The zero-order chi connectivity index (χ0) is 21.0. The van der Waals surface area contributed by atoms with E-state index in [4.69, 9.17) is 5.73 Å². The van der Waals surface area contributed by atoms with Crippen LogP contribution in [0.5, 0.6) is 0 Å². The van der Waals surface area contributed by atoms with Crippen molar-refractivity contribution in [3.63, 3.8) is 0 Å². The Labute approximate surface area is 162 Å². The normalized spacial score (nSPS) is 18.7. The number of nitrogens with zero attached hydrogens (tertiary/aromatic N) is 2. The number of fused-ring (bicyclic) bond motifs is 1. The van der Waals surface area contributed by atoms with Crippen LogP contribution in [0.25, 0.3) is 16.6 Å². The van der Waals surface area contributed by atoms with E-state index in [1.54, 1.807) is 4.90 Å². The summed E-state index contributed by atoms with van der Waals surface area (Å²) in [4.78, 5) is 25.8. The highest BCUT2D eigenvalue weighted by atomic mass is 19.1. The molecule has 1 aliphatic rings. The monoisotopic (exact) mass is 403 g/mol. The van der Waals surface area contributed by atoms with Crippen LogP contribution in [0, 0.1) is 17.5 Å². The van der Waals surface area contributed by atoms with Crippen molar-refractivity contribution in [3.8, 4) is 5.69 Å². The molecule has 2 aromatic carbocycles. The molecule has 1 aromatic heterocycles. The number of benzene rings is 2. The highest BCUT2D eigenvalue weighted by Gasteiger charge is 2.34. The van der Waals surface area contributed by atoms with Gasteiger partial charge in [0.15, 0.2) is 0 Å². The first-order chi connectivity index (χ1) is 13.7. The van der Waals surface area contributed by atoms with Gasteiger partial charge >= 0.3 is 5.97 Å². The lowest BCUT2D eigenvalue weighted by atomic mass is 9.97. The molecule has 3 N–H and O–H groups in total. The third kappa shape index (κ3) is 2.94. The summed E-state index contributed by atoms with van der Waals surface area (Å²) in [5.74, 6) is -4.04. The van der Waals surface area contributed by atoms with Gasteiger partial charge in [0, 0.05) is 36.3 Å². The molecule has 0 saturated carbocycles. The summed E-state index contributed by atoms with van der Waals surface area (Å²) in [6, 6.07) is 4.76. The van der Waals surface area contributed by atoms with Gasteiger partial charge in [0.05, 0.1) is 16.9 Å². The van der Waals surface area contributed by atoms with Crippen molar-refractivity contribution in [3.05, 3.63) is 69.8 Å². The minimum Gasteiger partial charge on any atom is -0.477 e. The van der Waals surface area contributed by atoms with Crippen molar-refractivity contribution in [1.82, 2.24) is 4.57 Å². The highest BCUT2D eigenvalue weighted by molar-refractivity contribution is 5.94. The van der Waals surface area contributed by atoms with Gasteiger partial charge in [-0.15, -0.1) is 0 Å². The van der Waals surface area contributed by atoms with Gasteiger partial charge in [-0.2, -0.15) is 0 Å². The number of hydrogen-bond acceptors (Lipinski definition) is 4. The van der Waals surface area contributed by atoms with Crippen LogP contribution < -0.4 is 16.1 Å². The number of carboxylic acids is 1. The summed E-state index contributed by atoms with van der Waals surface area (Å²) in [7, 11) is 0. The van der Waals surface area contributed by atoms with Crippen LogP contribution >= 0.6 is 0 Å². The SMILES string of the molecule is C[C@H]1[C@H](N)CN1c1cc2c(cc1F)c(=O)c(C(=O)O)cn2-c1ccc(F)cc1F. The Morgan fingerprint density at radius 2 is 1.83 bits per heavy atom. The third-order valence-electron chi connectivity index (χ3n) is 5.30. The van der Waals surface area contributed by atoms with Gasteiger partial charge in [0.1, 0.15) is 23.0 Å². The first-order valence-electron chi connectivity index (χ1n) is 8.79. The van der Waals surface area contributed by atoms with Gasteiger partial charge in [-0.05, 0) is 31.2 Å². The Morgan fingerprint density at radius 1 is 1.14 bits per heavy atom. The minimum absolute atomic E-state index is 0.0922. The van der Waals surface area contributed by atoms with Crippen LogP contribution in [0.3, 0.4) is 0 Å². The highest BCUT2D eigenvalue weighted by Crippen LogP contribution is 2.32. The van der Waals surface area contributed by atoms with E-state index in [0.717, 1.165) is 29.0 Å². The van der Waals surface area contributed by atoms with Gasteiger partial charge in [0.2, 0.25) is 5.43 Å². The van der Waals surface area contributed by atoms with Crippen LogP contribution in [-0.2, 0) is 0 Å². The van der Waals surface area contributed by atoms with Crippen LogP contribution in [-0.4, -0.2) is 34.3 Å². The van der Waals surface area contributed by atoms with Gasteiger partial charge in [-0.3, -0.25) is 4.79 Å². The molecule has 2 heterocycles. The lowest BCUT2D eigenvalue weighted by molar-refractivity contribution is 0.0695. The zero-order valence-corrected chi connectivity index (χ0v) is 15.2. The maximum atomic E-state index is 14.8. The van der Waals surface area contributed by atoms with E-state index < -0.39 is 34.4 Å². The molecule has 1 saturated heterocycles. The predicted octanol–water partition coefficient (Wildman–Crippen LogP) is 2.64. The van der Waals surface area contributed by atoms with Crippen molar-refractivity contribution in [2.45, 2.75) is 19.0 Å². The Hall–Kier alpha value is -3.33. The lowest BCUT2D eigenvalue weighted by Gasteiger charge is -2.46. The van der Waals surface area contributed by atoms with Crippen LogP contribution in [0.15, 0.2) is 41.3 Å². The fourth-order valence-corrected chi connectivity index (χ4v) is 3.54. The third-order valence-corrected chi connectivity index (χ3v) is 5.30. The average Bonchev–Trinajstić information content (AvgIpc) is 2.66. The first kappa shape index (κ1) is 19.0. The maximum absolute atomic E-state index is 14.8. The zero-order valence-electron chi connectivity index (χ0n) is 15.2. The second-order valence-electron chi connectivity index (χ2n) is 7.02. The molecule has 6 nitrogen and oxygen atoms in total. The second kappa shape index (κ2) is 6.63. The van der Waals surface area contributed by atoms with E-state index >= 15 is 0 Å². The molecule has 0 radical (unpaired) electrons. The van der Waals surface area contributed by atoms with Crippen molar-refractivity contribution < 1.29 is 23.1 Å². The molecule has 2 atom stereocenters. The Morgan fingerprint density at radius 3 is 2.41 bits per heavy atom. The molecule has 0 aliphatic carbocycles. The van der Waals surface area contributed by atoms with E-state index in [2.05, 4.69) is 0 Å². The molecule has 150 valence electrons. The number of aromatic carboxylic acids is 1. The van der Waals surface area contributed by atoms with Gasteiger partial charge in [-0.25, -0.2) is 18.0 Å². The molecular formula is C20H16F3N3O3. The minimum atomic E-state index is -1.54. The summed E-state index contributed by atoms with van der Waals surface area (Å²) in [6.07, 6.45) is 0.955. The van der Waals surface area contributed by atoms with Crippen molar-refractivity contribution >= 4 is 22.6 Å². The number of rotatable bonds is 3. The lowest BCUT2D eigenvalue weighted by Crippen LogP contribution is -2.63. The Kier molecular flexibility index (Phi) is 4.34. The molecule has 0 amide bonds. The summed E-state index contributed by atoms with van der Waals surface area (Å²) in [6.45, 7) is 2.21. The number of carboxylic acid groups (broad SMARTS) is 1. The maximum Gasteiger partial charge on any atom is 0.341 e. The van der Waals surface area contributed by atoms with Crippen LogP contribution in [0.2, 0.25) is 0 Å². The number of carbonyl (C=O) groups is 1. The number of nitrogens with two attached hydrogens (primary N) is 1. The summed E-state index contributed by atoms with van der Waals surface area (Å²) < 4.78 is 43.7. The molecule has 1 fully saturated rings. The Bertz CT molecular complexity index is 1230. The largest absolute Gasteiger partial charge is 0.477 e. The molecule has 3 aromatic rings. The van der Waals surface area contributed by atoms with E-state index in [1.165, 1.54) is 6.07 Å². The van der Waals surface area contributed by atoms with Crippen molar-refractivity contribution in [2.75, 3.05) is 11.4 Å². The summed E-state index contributed by atoms with van der Waals surface area (Å²) in [5, 5.41) is 9.12. The molecule has 29 heavy (non-hydrogen) atoms. The van der Waals surface area contributed by atoms with Crippen molar-refractivity contribution in [1.29, 1.82) is 0 Å². The quantitative estimate of drug-likeness (QED) is 0.702. The van der Waals surface area contributed by atoms with Crippen LogP contribution in [0.1, 0.15) is 17.3 Å². The molecule has 9 heteroatoms. The molecule has 0 unspecified atom stereocenters. The number of aromatic nitrogens is 1. The Balaban J connectivity index is 2.06. The molecule has 0 spiro atoms. The van der Waals surface area contributed by atoms with E-state index in [9.17, 15) is 27.9 Å². The molecule has 1 aliphatic heterocycles. The topological polar surface area (TPSA) is 88.6 Å². The predicted molar refractivity (Wildman–Crippen MR) is 101 cm³/mol. The fraction of sp³-hybridized carbons (Fsp3) is 0.200. The smallest absolute Gasteiger partial charge is 0.341 e. The second-order valence-corrected chi connectivity index (χ2v) is 7.02. The standard InChI is InChI=1S/C20H16F3N3O3/c1-9-15(24)8-25(9)18-6-17-11(5-14(18)23)19(27)12(20(28)29)7-26(17)16-3-2-10(21)4-13(16)22/h2-7,9,15H,8,24H2,1H3,(H,28,29)/t9-,15+/m0/s1. The van der Waals surface area contributed by atoms with E-state index in [0.29, 0.717) is 12.6 Å². The summed E-state index contributed by atoms with van der Waals surface area (Å²) >= 11 is 0. The number of hydrogen-bond donors (Lipinski definition) is 2. The van der Waals surface area contributed by atoms with Crippen molar-refractivity contribution in [2.24, 2.45) is 5.73 Å². The van der Waals surface area contributed by atoms with Gasteiger partial charge in [0.25, 0.3) is 0 Å². The van der Waals surface area contributed by atoms with Crippen LogP contribution in [0.4, 0.5) is 18.9 Å². The van der Waals surface area contributed by atoms with E-state index in [-0.39, 0.29) is 34.4 Å². The number of anilines is 1.